The van der Waals surface area contributed by atoms with E-state index in [1.165, 1.54) is 4.31 Å². The summed E-state index contributed by atoms with van der Waals surface area (Å²) in [6, 6.07) is 0.0926. The number of rotatable bonds is 7. The van der Waals surface area contributed by atoms with Crippen LogP contribution in [0.4, 0.5) is 0 Å². The van der Waals surface area contributed by atoms with Gasteiger partial charge in [0.1, 0.15) is 0 Å². The van der Waals surface area contributed by atoms with Gasteiger partial charge in [-0.2, -0.15) is 17.4 Å². The molecule has 1 atom stereocenters. The van der Waals surface area contributed by atoms with E-state index in [9.17, 15) is 13.2 Å². The predicted molar refractivity (Wildman–Crippen MR) is 79.1 cm³/mol. The molecule has 2 fully saturated rings. The third-order valence-electron chi connectivity index (χ3n) is 4.42. The van der Waals surface area contributed by atoms with E-state index < -0.39 is 16.2 Å². The van der Waals surface area contributed by atoms with Crippen LogP contribution in [0.5, 0.6) is 0 Å². The van der Waals surface area contributed by atoms with Crippen LogP contribution in [0.3, 0.4) is 0 Å². The van der Waals surface area contributed by atoms with Crippen molar-refractivity contribution >= 4 is 16.2 Å². The molecule has 0 amide bonds. The fourth-order valence-corrected chi connectivity index (χ4v) is 4.61. The Labute approximate surface area is 126 Å². The lowest BCUT2D eigenvalue weighted by Crippen LogP contribution is -2.56. The summed E-state index contributed by atoms with van der Waals surface area (Å²) in [6.07, 6.45) is 2.28. The third-order valence-corrected chi connectivity index (χ3v) is 6.06. The summed E-state index contributed by atoms with van der Waals surface area (Å²) in [6.45, 7) is 5.84. The summed E-state index contributed by atoms with van der Waals surface area (Å²) >= 11 is 0. The van der Waals surface area contributed by atoms with E-state index in [-0.39, 0.29) is 18.6 Å². The highest BCUT2D eigenvalue weighted by molar-refractivity contribution is 7.87. The zero-order chi connectivity index (χ0) is 15.6. The normalized spacial score (nSPS) is 30.5. The van der Waals surface area contributed by atoms with Crippen LogP contribution in [0.15, 0.2) is 0 Å². The van der Waals surface area contributed by atoms with Gasteiger partial charge >= 0.3 is 5.97 Å². The quantitative estimate of drug-likeness (QED) is 0.695. The maximum absolute atomic E-state index is 12.2. The number of hydrogen-bond donors (Lipinski definition) is 2. The maximum atomic E-state index is 12.2. The molecule has 21 heavy (non-hydrogen) atoms. The Morgan fingerprint density at radius 1 is 1.43 bits per heavy atom. The van der Waals surface area contributed by atoms with Gasteiger partial charge in [-0.3, -0.25) is 9.69 Å². The number of aliphatic carboxylic acids is 1. The van der Waals surface area contributed by atoms with E-state index >= 15 is 0 Å². The van der Waals surface area contributed by atoms with Crippen LogP contribution in [-0.4, -0.2) is 67.0 Å². The van der Waals surface area contributed by atoms with E-state index in [2.05, 4.69) is 11.6 Å². The number of carboxylic acids is 1. The highest BCUT2D eigenvalue weighted by Crippen LogP contribution is 2.27. The van der Waals surface area contributed by atoms with Gasteiger partial charge in [0.25, 0.3) is 10.2 Å². The molecule has 8 heteroatoms. The van der Waals surface area contributed by atoms with Crippen LogP contribution in [0.2, 0.25) is 0 Å². The molecule has 122 valence electrons. The molecule has 2 aliphatic rings. The minimum absolute atomic E-state index is 0.0181. The van der Waals surface area contributed by atoms with Gasteiger partial charge in [-0.25, -0.2) is 0 Å². The van der Waals surface area contributed by atoms with Gasteiger partial charge in [-0.15, -0.1) is 0 Å². The molecule has 0 aromatic heterocycles. The molecule has 1 aliphatic heterocycles. The highest BCUT2D eigenvalue weighted by Gasteiger charge is 2.38. The lowest BCUT2D eigenvalue weighted by atomic mass is 9.86. The monoisotopic (exact) mass is 319 g/mol. The Morgan fingerprint density at radius 3 is 2.57 bits per heavy atom. The molecule has 0 spiro atoms. The first kappa shape index (κ1) is 16.7. The molecule has 1 unspecified atom stereocenters. The fourth-order valence-electron chi connectivity index (χ4n) is 3.05. The Bertz CT molecular complexity index is 476. The van der Waals surface area contributed by atoms with Crippen LogP contribution in [0.25, 0.3) is 0 Å². The summed E-state index contributed by atoms with van der Waals surface area (Å²) in [7, 11) is -3.38. The highest BCUT2D eigenvalue weighted by atomic mass is 32.2. The van der Waals surface area contributed by atoms with E-state index in [1.807, 2.05) is 11.8 Å². The molecule has 0 aromatic carbocycles. The van der Waals surface area contributed by atoms with E-state index in [0.717, 1.165) is 6.42 Å². The Kier molecular flexibility index (Phi) is 5.24. The average molecular weight is 319 g/mol. The van der Waals surface area contributed by atoms with Crippen LogP contribution < -0.4 is 4.72 Å². The molecule has 2 N–H and O–H groups in total. The van der Waals surface area contributed by atoms with Crippen molar-refractivity contribution in [1.82, 2.24) is 13.9 Å². The number of carbonyl (C=O) groups is 1. The molecule has 0 aromatic rings. The molecular formula is C13H25N3O4S. The number of likely N-dealkylation sites (N-methyl/N-ethyl adjacent to an activating group) is 1. The second-order valence-electron chi connectivity index (χ2n) is 6.15. The van der Waals surface area contributed by atoms with Gasteiger partial charge in [0.2, 0.25) is 0 Å². The third kappa shape index (κ3) is 4.15. The van der Waals surface area contributed by atoms with E-state index in [4.69, 9.17) is 5.11 Å². The summed E-state index contributed by atoms with van der Waals surface area (Å²) in [5.74, 6) is -0.422. The van der Waals surface area contributed by atoms with Crippen molar-refractivity contribution in [3.63, 3.8) is 0 Å². The Hall–Kier alpha value is -0.700. The Balaban J connectivity index is 1.80. The standard InChI is InChI=1S/C13H25N3O4S/c1-3-15(9-13(17)18)12-6-11(7-12)14-21(19,20)16-5-4-10(2)8-16/h10-12,14H,3-9H2,1-2H3,(H,17,18). The summed E-state index contributed by atoms with van der Waals surface area (Å²) < 4.78 is 28.7. The first-order chi connectivity index (χ1) is 9.81. The van der Waals surface area contributed by atoms with Crippen molar-refractivity contribution in [3.8, 4) is 0 Å². The van der Waals surface area contributed by atoms with Gasteiger partial charge in [-0.1, -0.05) is 13.8 Å². The second kappa shape index (κ2) is 6.60. The lowest BCUT2D eigenvalue weighted by molar-refractivity contribution is -0.139. The lowest BCUT2D eigenvalue weighted by Gasteiger charge is -2.42. The van der Waals surface area contributed by atoms with Crippen molar-refractivity contribution in [2.24, 2.45) is 5.92 Å². The summed E-state index contributed by atoms with van der Waals surface area (Å²) in [5, 5.41) is 8.84. The van der Waals surface area contributed by atoms with Gasteiger partial charge in [0, 0.05) is 25.2 Å². The summed E-state index contributed by atoms with van der Waals surface area (Å²) in [5.41, 5.74) is 0. The molecule has 1 heterocycles. The number of nitrogens with zero attached hydrogens (tertiary/aromatic N) is 2. The molecule has 0 bridgehead atoms. The van der Waals surface area contributed by atoms with Crippen LogP contribution >= 0.6 is 0 Å². The molecule has 1 aliphatic carbocycles. The van der Waals surface area contributed by atoms with Crippen molar-refractivity contribution in [3.05, 3.63) is 0 Å². The van der Waals surface area contributed by atoms with E-state index in [0.29, 0.717) is 38.4 Å². The van der Waals surface area contributed by atoms with Crippen molar-refractivity contribution in [1.29, 1.82) is 0 Å². The van der Waals surface area contributed by atoms with E-state index in [1.54, 1.807) is 0 Å². The minimum Gasteiger partial charge on any atom is -0.480 e. The molecule has 1 saturated heterocycles. The molecule has 0 radical (unpaired) electrons. The zero-order valence-corrected chi connectivity index (χ0v) is 13.5. The van der Waals surface area contributed by atoms with Gasteiger partial charge in [0.15, 0.2) is 0 Å². The largest absolute Gasteiger partial charge is 0.480 e. The second-order valence-corrected chi connectivity index (χ2v) is 7.86. The zero-order valence-electron chi connectivity index (χ0n) is 12.7. The molecular weight excluding hydrogens is 294 g/mol. The number of hydrogen-bond acceptors (Lipinski definition) is 4. The Morgan fingerprint density at radius 2 is 2.10 bits per heavy atom. The molecule has 2 rings (SSSR count). The number of carboxylic acid groups (broad SMARTS) is 1. The van der Waals surface area contributed by atoms with Crippen LogP contribution in [0.1, 0.15) is 33.1 Å². The van der Waals surface area contributed by atoms with Crippen LogP contribution in [0, 0.1) is 5.92 Å². The van der Waals surface area contributed by atoms with Gasteiger partial charge in [-0.05, 0) is 31.7 Å². The fraction of sp³-hybridized carbons (Fsp3) is 0.923. The first-order valence-electron chi connectivity index (χ1n) is 7.55. The van der Waals surface area contributed by atoms with Gasteiger partial charge in [0.05, 0.1) is 6.54 Å². The maximum Gasteiger partial charge on any atom is 0.317 e. The van der Waals surface area contributed by atoms with Crippen molar-refractivity contribution in [2.75, 3.05) is 26.2 Å². The van der Waals surface area contributed by atoms with Gasteiger partial charge < -0.3 is 5.11 Å². The first-order valence-corrected chi connectivity index (χ1v) is 8.99. The topological polar surface area (TPSA) is 90.0 Å². The van der Waals surface area contributed by atoms with Crippen molar-refractivity contribution in [2.45, 2.75) is 45.2 Å². The SMILES string of the molecule is CCN(CC(=O)O)C1CC(NS(=O)(=O)N2CCC(C)C2)C1. The molecule has 1 saturated carbocycles. The van der Waals surface area contributed by atoms with Crippen molar-refractivity contribution < 1.29 is 18.3 Å². The predicted octanol–water partition coefficient (Wildman–Crippen LogP) is 0.100. The molecule has 7 nitrogen and oxygen atoms in total. The minimum atomic E-state index is -3.38. The smallest absolute Gasteiger partial charge is 0.317 e. The summed E-state index contributed by atoms with van der Waals surface area (Å²) in [4.78, 5) is 12.6. The average Bonchev–Trinajstić information content (AvgIpc) is 2.78. The van der Waals surface area contributed by atoms with Crippen LogP contribution in [-0.2, 0) is 15.0 Å². The number of nitrogens with one attached hydrogen (secondary N) is 1.